The van der Waals surface area contributed by atoms with E-state index in [9.17, 15) is 4.79 Å². The van der Waals surface area contributed by atoms with Gasteiger partial charge in [-0.1, -0.05) is 17.3 Å². The van der Waals surface area contributed by atoms with Crippen LogP contribution in [0.3, 0.4) is 0 Å². The molecule has 1 saturated heterocycles. The molecule has 2 aliphatic rings. The van der Waals surface area contributed by atoms with Crippen LogP contribution in [0.4, 0.5) is 0 Å². The second kappa shape index (κ2) is 9.19. The van der Waals surface area contributed by atoms with Crippen molar-refractivity contribution in [3.8, 4) is 5.75 Å². The number of carbonyl (C=O) groups is 1. The zero-order chi connectivity index (χ0) is 19.1. The number of nitrogens with one attached hydrogen (secondary N) is 1. The SMILES string of the molecule is COCCNC(=O)C1(C[C@H]2CC(c3ccccc3OC)=NO2)CCOCC1. The number of benzene rings is 1. The summed E-state index contributed by atoms with van der Waals surface area (Å²) in [5, 5.41) is 7.28. The molecule has 3 rings (SSSR count). The highest BCUT2D eigenvalue weighted by Gasteiger charge is 2.43. The molecular formula is C20H28N2O5. The van der Waals surface area contributed by atoms with Gasteiger partial charge in [0, 0.05) is 45.3 Å². The molecule has 0 bridgehead atoms. The van der Waals surface area contributed by atoms with Crippen LogP contribution in [0.5, 0.6) is 5.75 Å². The number of hydrogen-bond donors (Lipinski definition) is 1. The summed E-state index contributed by atoms with van der Waals surface area (Å²) >= 11 is 0. The first-order valence-electron chi connectivity index (χ1n) is 9.39. The molecule has 1 fully saturated rings. The third-order valence-corrected chi connectivity index (χ3v) is 5.29. The van der Waals surface area contributed by atoms with Crippen molar-refractivity contribution in [3.63, 3.8) is 0 Å². The number of para-hydroxylation sites is 1. The Balaban J connectivity index is 1.66. The van der Waals surface area contributed by atoms with E-state index in [1.165, 1.54) is 0 Å². The van der Waals surface area contributed by atoms with Gasteiger partial charge >= 0.3 is 0 Å². The number of rotatable bonds is 8. The van der Waals surface area contributed by atoms with Crippen LogP contribution in [0, 0.1) is 5.41 Å². The Morgan fingerprint density at radius 2 is 2.07 bits per heavy atom. The van der Waals surface area contributed by atoms with Gasteiger partial charge in [-0.15, -0.1) is 0 Å². The molecule has 148 valence electrons. The molecule has 2 heterocycles. The molecule has 0 unspecified atom stereocenters. The maximum atomic E-state index is 12.9. The number of ether oxygens (including phenoxy) is 3. The van der Waals surface area contributed by atoms with Gasteiger partial charge in [-0.05, 0) is 25.0 Å². The van der Waals surface area contributed by atoms with Crippen LogP contribution in [0.2, 0.25) is 0 Å². The van der Waals surface area contributed by atoms with Crippen LogP contribution >= 0.6 is 0 Å². The molecule has 7 nitrogen and oxygen atoms in total. The first-order valence-corrected chi connectivity index (χ1v) is 9.39. The van der Waals surface area contributed by atoms with E-state index in [0.29, 0.717) is 52.0 Å². The highest BCUT2D eigenvalue weighted by Crippen LogP contribution is 2.39. The highest BCUT2D eigenvalue weighted by molar-refractivity contribution is 6.03. The van der Waals surface area contributed by atoms with Gasteiger partial charge in [0.1, 0.15) is 11.9 Å². The van der Waals surface area contributed by atoms with Gasteiger partial charge < -0.3 is 24.4 Å². The van der Waals surface area contributed by atoms with E-state index < -0.39 is 5.41 Å². The molecule has 0 spiro atoms. The Bertz CT molecular complexity index is 670. The minimum Gasteiger partial charge on any atom is -0.496 e. The number of oxime groups is 1. The Labute approximate surface area is 160 Å². The second-order valence-electron chi connectivity index (χ2n) is 7.02. The lowest BCUT2D eigenvalue weighted by Gasteiger charge is -2.36. The largest absolute Gasteiger partial charge is 0.496 e. The van der Waals surface area contributed by atoms with E-state index in [0.717, 1.165) is 17.0 Å². The monoisotopic (exact) mass is 376 g/mol. The molecule has 1 aromatic carbocycles. The van der Waals surface area contributed by atoms with Gasteiger partial charge in [0.15, 0.2) is 0 Å². The number of methoxy groups -OCH3 is 2. The molecule has 0 radical (unpaired) electrons. The van der Waals surface area contributed by atoms with Crippen molar-refractivity contribution in [2.75, 3.05) is 40.6 Å². The molecule has 0 saturated carbocycles. The molecule has 7 heteroatoms. The van der Waals surface area contributed by atoms with Crippen molar-refractivity contribution < 1.29 is 23.8 Å². The van der Waals surface area contributed by atoms with Crippen LogP contribution in [0.25, 0.3) is 0 Å². The highest BCUT2D eigenvalue weighted by atomic mass is 16.6. The minimum atomic E-state index is -0.484. The zero-order valence-electron chi connectivity index (χ0n) is 16.0. The van der Waals surface area contributed by atoms with Gasteiger partial charge in [0.2, 0.25) is 5.91 Å². The van der Waals surface area contributed by atoms with E-state index in [1.54, 1.807) is 14.2 Å². The number of hydrogen-bond acceptors (Lipinski definition) is 6. The van der Waals surface area contributed by atoms with Gasteiger partial charge in [-0.2, -0.15) is 0 Å². The van der Waals surface area contributed by atoms with Gasteiger partial charge in [-0.3, -0.25) is 4.79 Å². The summed E-state index contributed by atoms with van der Waals surface area (Å²) in [6.45, 7) is 2.18. The summed E-state index contributed by atoms with van der Waals surface area (Å²) in [6.07, 6.45) is 2.54. The molecule has 2 aliphatic heterocycles. The first kappa shape index (κ1) is 19.6. The summed E-state index contributed by atoms with van der Waals surface area (Å²) in [4.78, 5) is 18.6. The molecule has 1 atom stereocenters. The number of amides is 1. The molecular weight excluding hydrogens is 348 g/mol. The smallest absolute Gasteiger partial charge is 0.226 e. The van der Waals surface area contributed by atoms with E-state index in [1.807, 2.05) is 24.3 Å². The second-order valence-corrected chi connectivity index (χ2v) is 7.02. The maximum absolute atomic E-state index is 12.9. The van der Waals surface area contributed by atoms with Crippen LogP contribution < -0.4 is 10.1 Å². The summed E-state index contributed by atoms with van der Waals surface area (Å²) in [5.74, 6) is 0.829. The van der Waals surface area contributed by atoms with E-state index in [4.69, 9.17) is 19.0 Å². The summed E-state index contributed by atoms with van der Waals surface area (Å²) in [5.41, 5.74) is 1.31. The molecule has 0 aliphatic carbocycles. The average molecular weight is 376 g/mol. The fourth-order valence-electron chi connectivity index (χ4n) is 3.76. The summed E-state index contributed by atoms with van der Waals surface area (Å²) in [7, 11) is 3.27. The Kier molecular flexibility index (Phi) is 6.68. The standard InChI is InChI=1S/C20H28N2O5/c1-24-12-9-21-19(23)20(7-10-26-11-8-20)14-15-13-17(22-27-15)16-5-3-4-6-18(16)25-2/h3-6,15H,7-14H2,1-2H3,(H,21,23)/t15-/m1/s1. The Morgan fingerprint density at radius 1 is 1.30 bits per heavy atom. The van der Waals surface area contributed by atoms with Gasteiger partial charge in [0.05, 0.1) is 24.8 Å². The van der Waals surface area contributed by atoms with Crippen LogP contribution in [-0.4, -0.2) is 58.3 Å². The van der Waals surface area contributed by atoms with Crippen molar-refractivity contribution in [1.82, 2.24) is 5.32 Å². The predicted molar refractivity (Wildman–Crippen MR) is 101 cm³/mol. The van der Waals surface area contributed by atoms with Crippen molar-refractivity contribution in [2.45, 2.75) is 31.8 Å². The van der Waals surface area contributed by atoms with Crippen molar-refractivity contribution in [2.24, 2.45) is 10.6 Å². The predicted octanol–water partition coefficient (Wildman–Crippen LogP) is 2.14. The normalized spacial score (nSPS) is 21.3. The first-order chi connectivity index (χ1) is 13.2. The van der Waals surface area contributed by atoms with Gasteiger partial charge in [-0.25, -0.2) is 0 Å². The average Bonchev–Trinajstić information content (AvgIpc) is 3.16. The Morgan fingerprint density at radius 3 is 2.81 bits per heavy atom. The zero-order valence-corrected chi connectivity index (χ0v) is 16.0. The Hall–Kier alpha value is -2.12. The molecule has 1 N–H and O–H groups in total. The van der Waals surface area contributed by atoms with Crippen LogP contribution in [0.15, 0.2) is 29.4 Å². The van der Waals surface area contributed by atoms with Crippen LogP contribution in [-0.2, 0) is 19.1 Å². The van der Waals surface area contributed by atoms with Crippen molar-refractivity contribution >= 4 is 11.6 Å². The fourth-order valence-corrected chi connectivity index (χ4v) is 3.76. The molecule has 0 aromatic heterocycles. The minimum absolute atomic E-state index is 0.0530. The van der Waals surface area contributed by atoms with Crippen LogP contribution in [0.1, 0.15) is 31.2 Å². The van der Waals surface area contributed by atoms with Gasteiger partial charge in [0.25, 0.3) is 0 Å². The fraction of sp³-hybridized carbons (Fsp3) is 0.600. The lowest BCUT2D eigenvalue weighted by molar-refractivity contribution is -0.140. The van der Waals surface area contributed by atoms with Crippen molar-refractivity contribution in [3.05, 3.63) is 29.8 Å². The molecule has 1 aromatic rings. The summed E-state index contributed by atoms with van der Waals surface area (Å²) in [6, 6.07) is 7.77. The lowest BCUT2D eigenvalue weighted by atomic mass is 9.74. The maximum Gasteiger partial charge on any atom is 0.226 e. The van der Waals surface area contributed by atoms with E-state index in [-0.39, 0.29) is 12.0 Å². The third-order valence-electron chi connectivity index (χ3n) is 5.29. The van der Waals surface area contributed by atoms with E-state index in [2.05, 4.69) is 10.5 Å². The summed E-state index contributed by atoms with van der Waals surface area (Å²) < 4.78 is 16.0. The van der Waals surface area contributed by atoms with E-state index >= 15 is 0 Å². The van der Waals surface area contributed by atoms with Crippen molar-refractivity contribution in [1.29, 1.82) is 0 Å². The quantitative estimate of drug-likeness (QED) is 0.704. The third kappa shape index (κ3) is 4.59. The number of nitrogens with zero attached hydrogens (tertiary/aromatic N) is 1. The topological polar surface area (TPSA) is 78.4 Å². The number of carbonyl (C=O) groups excluding carboxylic acids is 1. The lowest BCUT2D eigenvalue weighted by Crippen LogP contribution is -2.47. The molecule has 27 heavy (non-hydrogen) atoms. The molecule has 1 amide bonds.